The van der Waals surface area contributed by atoms with Crippen molar-refractivity contribution in [2.45, 2.75) is 0 Å². The summed E-state index contributed by atoms with van der Waals surface area (Å²) in [4.78, 5) is 0. The lowest BCUT2D eigenvalue weighted by molar-refractivity contribution is -1.92. The standard InChI is InChI=1S/ClHO4.H2O2/c2-1(3,4)5;1-2/h(H,2,3,4,5);1-2H. The van der Waals surface area contributed by atoms with E-state index >= 15 is 0 Å². The summed E-state index contributed by atoms with van der Waals surface area (Å²) >= 11 is 0. The van der Waals surface area contributed by atoms with Gasteiger partial charge in [-0.05, 0) is 0 Å². The zero-order valence-corrected chi connectivity index (χ0v) is 3.70. The molecule has 0 spiro atoms. The molecule has 3 N–H and O–H groups in total. The summed E-state index contributed by atoms with van der Waals surface area (Å²) in [6.45, 7) is 0. The van der Waals surface area contributed by atoms with Crippen LogP contribution in [0.5, 0.6) is 0 Å². The Balaban J connectivity index is 0. The minimum Gasteiger partial charge on any atom is -0.255 e. The summed E-state index contributed by atoms with van der Waals surface area (Å²) in [7, 11) is -4.69. The highest BCUT2D eigenvalue weighted by Gasteiger charge is 1.98. The quantitative estimate of drug-likeness (QED) is 0.228. The van der Waals surface area contributed by atoms with Crippen LogP contribution in [0.4, 0.5) is 0 Å². The molecule has 0 aliphatic heterocycles. The Morgan fingerprint density at radius 2 is 1.00 bits per heavy atom. The predicted molar refractivity (Wildman–Crippen MR) is 7.48 cm³/mol. The summed E-state index contributed by atoms with van der Waals surface area (Å²) in [6, 6.07) is 0. The first-order valence-electron chi connectivity index (χ1n) is 0.832. The Bertz CT molecular complexity index is 19.7. The molecule has 0 aromatic heterocycles. The minimum atomic E-state index is -4.69. The van der Waals surface area contributed by atoms with Crippen molar-refractivity contribution in [2.24, 2.45) is 0 Å². The first-order chi connectivity index (χ1) is 3.00. The van der Waals surface area contributed by atoms with Crippen LogP contribution in [0.1, 0.15) is 0 Å². The summed E-state index contributed by atoms with van der Waals surface area (Å²) < 4.78 is 32.7. The molecule has 0 atom stereocenters. The molecular formula is H3ClO6. The van der Waals surface area contributed by atoms with Crippen molar-refractivity contribution in [3.05, 3.63) is 0 Å². The average molecular weight is 134 g/mol. The molecule has 7 heavy (non-hydrogen) atoms. The maximum absolute atomic E-state index is 8.60. The normalized spacial score (nSPS) is 9.43. The minimum absolute atomic E-state index is 4.69. The molecule has 0 saturated carbocycles. The van der Waals surface area contributed by atoms with Crippen LogP contribution in [0.25, 0.3) is 0 Å². The fraction of sp³-hybridized carbons (Fsp3) is 0. The smallest absolute Gasteiger partial charge is 0.0777 e. The third kappa shape index (κ3) is 39700. The summed E-state index contributed by atoms with van der Waals surface area (Å²) in [6.07, 6.45) is 0. The second kappa shape index (κ2) is 4.22. The van der Waals surface area contributed by atoms with Gasteiger partial charge in [0.15, 0.2) is 0 Å². The van der Waals surface area contributed by atoms with Gasteiger partial charge in [-0.25, -0.2) is 0 Å². The highest BCUT2D eigenvalue weighted by Crippen LogP contribution is 1.60. The third-order valence-electron chi connectivity index (χ3n) is 0. The topological polar surface area (TPSA) is 130 Å². The second-order valence-electron chi connectivity index (χ2n) is 0.396. The van der Waals surface area contributed by atoms with E-state index in [4.69, 9.17) is 29.2 Å². The van der Waals surface area contributed by atoms with Gasteiger partial charge in [-0.1, -0.05) is 0 Å². The van der Waals surface area contributed by atoms with Gasteiger partial charge in [0.1, 0.15) is 0 Å². The molecule has 46 valence electrons. The predicted octanol–water partition coefficient (Wildman–Crippen LogP) is -4.11. The lowest BCUT2D eigenvalue weighted by Crippen LogP contribution is -2.58. The zero-order valence-electron chi connectivity index (χ0n) is 2.94. The molecule has 0 rings (SSSR count). The van der Waals surface area contributed by atoms with Gasteiger partial charge in [0, 0.05) is 0 Å². The fourth-order valence-electron chi connectivity index (χ4n) is 0. The highest BCUT2D eigenvalue weighted by atomic mass is 35.7. The van der Waals surface area contributed by atoms with E-state index in [0.29, 0.717) is 0 Å². The lowest BCUT2D eigenvalue weighted by atomic mass is 15.0. The number of rotatable bonds is 0. The van der Waals surface area contributed by atoms with Crippen molar-refractivity contribution in [1.29, 1.82) is 0 Å². The molecule has 0 heterocycles. The summed E-state index contributed by atoms with van der Waals surface area (Å²) in [5.74, 6) is 0. The molecule has 0 amide bonds. The van der Waals surface area contributed by atoms with Gasteiger partial charge in [-0.2, -0.15) is 14.0 Å². The van der Waals surface area contributed by atoms with Crippen LogP contribution >= 0.6 is 0 Å². The van der Waals surface area contributed by atoms with Crippen LogP contribution in [-0.4, -0.2) is 15.2 Å². The van der Waals surface area contributed by atoms with Gasteiger partial charge in [0.25, 0.3) is 0 Å². The molecule has 0 aliphatic carbocycles. The summed E-state index contributed by atoms with van der Waals surface area (Å²) in [5.41, 5.74) is 0. The van der Waals surface area contributed by atoms with E-state index in [0.717, 1.165) is 0 Å². The molecule has 0 radical (unpaired) electrons. The molecule has 0 bridgehead atoms. The van der Waals surface area contributed by atoms with Crippen LogP contribution < -0.4 is 14.0 Å². The van der Waals surface area contributed by atoms with E-state index in [1.807, 2.05) is 0 Å². The van der Waals surface area contributed by atoms with Gasteiger partial charge in [0.2, 0.25) is 0 Å². The second-order valence-corrected chi connectivity index (χ2v) is 1.19. The van der Waals surface area contributed by atoms with Crippen molar-refractivity contribution in [1.82, 2.24) is 0 Å². The number of hydrogen-bond acceptors (Lipinski definition) is 6. The van der Waals surface area contributed by atoms with Crippen LogP contribution in [0.3, 0.4) is 0 Å². The Hall–Kier alpha value is 0.0500. The van der Waals surface area contributed by atoms with Crippen molar-refractivity contribution in [2.75, 3.05) is 0 Å². The van der Waals surface area contributed by atoms with E-state index in [9.17, 15) is 0 Å². The summed E-state index contributed by atoms with van der Waals surface area (Å²) in [5, 5.41) is 12.0. The van der Waals surface area contributed by atoms with Crippen molar-refractivity contribution in [3.63, 3.8) is 0 Å². The van der Waals surface area contributed by atoms with Crippen LogP contribution in [0.15, 0.2) is 0 Å². The molecular weight excluding hydrogens is 131 g/mol. The Morgan fingerprint density at radius 1 is 1.00 bits per heavy atom. The molecule has 7 heteroatoms. The van der Waals surface area contributed by atoms with E-state index in [1.54, 1.807) is 0 Å². The van der Waals surface area contributed by atoms with E-state index in [-0.39, 0.29) is 0 Å². The zero-order chi connectivity index (χ0) is 6.50. The Labute approximate surface area is 40.5 Å². The Morgan fingerprint density at radius 3 is 1.00 bits per heavy atom. The first kappa shape index (κ1) is 10.1. The highest BCUT2D eigenvalue weighted by molar-refractivity contribution is 2.15. The van der Waals surface area contributed by atoms with E-state index in [2.05, 4.69) is 0 Å². The van der Waals surface area contributed by atoms with E-state index in [1.165, 1.54) is 0 Å². The van der Waals surface area contributed by atoms with Gasteiger partial charge < -0.3 is 0 Å². The molecule has 6 nitrogen and oxygen atoms in total. The van der Waals surface area contributed by atoms with Crippen LogP contribution in [0, 0.1) is 10.2 Å². The van der Waals surface area contributed by atoms with Crippen LogP contribution in [0.2, 0.25) is 0 Å². The molecule has 0 aromatic rings. The molecule has 0 aliphatic rings. The maximum Gasteiger partial charge on any atom is 0.0777 e. The van der Waals surface area contributed by atoms with Crippen molar-refractivity contribution in [3.8, 4) is 0 Å². The van der Waals surface area contributed by atoms with E-state index < -0.39 is 10.2 Å². The number of hydrogen-bond donors (Lipinski definition) is 3. The van der Waals surface area contributed by atoms with Gasteiger partial charge in [-0.15, -0.1) is 0 Å². The fourth-order valence-corrected chi connectivity index (χ4v) is 0. The molecule has 0 fully saturated rings. The SMILES string of the molecule is OO.[O-][Cl+3]([O-])([O-])O. The third-order valence-corrected chi connectivity index (χ3v) is 0. The van der Waals surface area contributed by atoms with Gasteiger partial charge in [-0.3, -0.25) is 10.5 Å². The van der Waals surface area contributed by atoms with Gasteiger partial charge >= 0.3 is 0 Å². The Kier molecular flexibility index (Phi) is 6.09. The average Bonchev–Trinajstić information content (AvgIpc) is 1.36. The molecule has 0 aromatic carbocycles. The number of halogens is 1. The van der Waals surface area contributed by atoms with Crippen LogP contribution in [-0.2, 0) is 0 Å². The van der Waals surface area contributed by atoms with Crippen molar-refractivity contribution >= 4 is 0 Å². The largest absolute Gasteiger partial charge is 0.255 e. The maximum atomic E-state index is 8.60. The first-order valence-corrected chi connectivity index (χ1v) is 2.10. The molecule has 0 saturated heterocycles. The lowest BCUT2D eigenvalue weighted by Gasteiger charge is -2.03. The molecule has 0 unspecified atom stereocenters. The van der Waals surface area contributed by atoms with Crippen molar-refractivity contribution < 1.29 is 39.4 Å². The monoisotopic (exact) mass is 134 g/mol. The van der Waals surface area contributed by atoms with Gasteiger partial charge in [0.05, 0.1) is 14.9 Å².